The maximum atomic E-state index is 12.9. The van der Waals surface area contributed by atoms with Gasteiger partial charge in [0.25, 0.3) is 0 Å². The molecule has 0 bridgehead atoms. The Morgan fingerprint density at radius 1 is 1.50 bits per heavy atom. The molecule has 0 aromatic heterocycles. The molecule has 1 atom stereocenters. The van der Waals surface area contributed by atoms with Crippen molar-refractivity contribution in [2.45, 2.75) is 13.0 Å². The number of nitrogens with one attached hydrogen (secondary N) is 1. The number of hydrogen-bond acceptors (Lipinski definition) is 2. The average Bonchev–Trinajstić information content (AvgIpc) is 2.30. The zero-order valence-electron chi connectivity index (χ0n) is 9.48. The quantitative estimate of drug-likeness (QED) is 0.824. The minimum absolute atomic E-state index is 0.0449. The fourth-order valence-electron chi connectivity index (χ4n) is 1.11. The molecule has 0 radical (unpaired) electrons. The van der Waals surface area contributed by atoms with Gasteiger partial charge in [0, 0.05) is 6.08 Å². The Morgan fingerprint density at radius 2 is 2.17 bits per heavy atom. The van der Waals surface area contributed by atoms with Gasteiger partial charge >= 0.3 is 5.97 Å². The van der Waals surface area contributed by atoms with Gasteiger partial charge in [-0.25, -0.2) is 4.39 Å². The lowest BCUT2D eigenvalue weighted by atomic mass is 10.2. The maximum Gasteiger partial charge on any atom is 0.325 e. The number of carboxylic acids is 1. The number of halogens is 2. The second-order valence-corrected chi connectivity index (χ2v) is 3.98. The third kappa shape index (κ3) is 4.18. The summed E-state index contributed by atoms with van der Waals surface area (Å²) in [6.07, 6.45) is 2.57. The highest BCUT2D eigenvalue weighted by atomic mass is 35.5. The molecule has 0 fully saturated rings. The number of aliphatic carboxylic acids is 1. The van der Waals surface area contributed by atoms with E-state index in [4.69, 9.17) is 16.7 Å². The van der Waals surface area contributed by atoms with Gasteiger partial charge in [0.2, 0.25) is 5.91 Å². The summed E-state index contributed by atoms with van der Waals surface area (Å²) in [6.45, 7) is 1.35. The second-order valence-electron chi connectivity index (χ2n) is 3.58. The number of carboxylic acid groups (broad SMARTS) is 1. The highest BCUT2D eigenvalue weighted by Gasteiger charge is 2.11. The fourth-order valence-corrected chi connectivity index (χ4v) is 1.30. The largest absolute Gasteiger partial charge is 0.480 e. The Bertz CT molecular complexity index is 502. The van der Waals surface area contributed by atoms with Gasteiger partial charge in [0.15, 0.2) is 0 Å². The summed E-state index contributed by atoms with van der Waals surface area (Å²) in [5.74, 6) is -2.22. The summed E-state index contributed by atoms with van der Waals surface area (Å²) in [5.41, 5.74) is 0.541. The third-order valence-electron chi connectivity index (χ3n) is 2.10. The topological polar surface area (TPSA) is 66.4 Å². The van der Waals surface area contributed by atoms with E-state index >= 15 is 0 Å². The van der Waals surface area contributed by atoms with Crippen LogP contribution in [0.5, 0.6) is 0 Å². The number of carbonyl (C=O) groups excluding carboxylic acids is 1. The van der Waals surface area contributed by atoms with Crippen molar-refractivity contribution in [1.29, 1.82) is 0 Å². The van der Waals surface area contributed by atoms with Crippen molar-refractivity contribution in [3.05, 3.63) is 40.7 Å². The molecule has 1 unspecified atom stereocenters. The predicted molar refractivity (Wildman–Crippen MR) is 65.7 cm³/mol. The van der Waals surface area contributed by atoms with Crippen LogP contribution in [0, 0.1) is 5.82 Å². The first-order valence-electron chi connectivity index (χ1n) is 5.06. The summed E-state index contributed by atoms with van der Waals surface area (Å²) >= 11 is 5.57. The van der Waals surface area contributed by atoms with Crippen LogP contribution in [0.15, 0.2) is 24.3 Å². The van der Waals surface area contributed by atoms with Gasteiger partial charge in [-0.15, -0.1) is 0 Å². The van der Waals surface area contributed by atoms with E-state index in [-0.39, 0.29) is 5.02 Å². The molecule has 0 aliphatic carbocycles. The molecular formula is C12H11ClFNO3. The second kappa shape index (κ2) is 6.16. The molecule has 0 saturated heterocycles. The minimum atomic E-state index is -1.12. The van der Waals surface area contributed by atoms with Gasteiger partial charge in [-0.2, -0.15) is 0 Å². The molecule has 0 saturated carbocycles. The molecule has 4 nitrogen and oxygen atoms in total. The normalized spacial score (nSPS) is 12.4. The molecule has 6 heteroatoms. The van der Waals surface area contributed by atoms with Crippen LogP contribution in [0.25, 0.3) is 6.08 Å². The van der Waals surface area contributed by atoms with Crippen molar-refractivity contribution < 1.29 is 19.1 Å². The van der Waals surface area contributed by atoms with E-state index in [0.29, 0.717) is 5.56 Å². The van der Waals surface area contributed by atoms with Crippen LogP contribution in [-0.2, 0) is 9.59 Å². The summed E-state index contributed by atoms with van der Waals surface area (Å²) < 4.78 is 12.9. The highest BCUT2D eigenvalue weighted by Crippen LogP contribution is 2.16. The Morgan fingerprint density at radius 3 is 2.72 bits per heavy atom. The molecule has 1 rings (SSSR count). The van der Waals surface area contributed by atoms with Gasteiger partial charge in [-0.3, -0.25) is 9.59 Å². The summed E-state index contributed by atoms with van der Waals surface area (Å²) in [5, 5.41) is 10.8. The van der Waals surface area contributed by atoms with Gasteiger partial charge in [0.05, 0.1) is 5.02 Å². The molecule has 1 aromatic rings. The SMILES string of the molecule is CC(NC(=O)/C=C/c1ccc(F)c(Cl)c1)C(=O)O. The molecule has 0 spiro atoms. The van der Waals surface area contributed by atoms with E-state index in [1.165, 1.54) is 31.2 Å². The minimum Gasteiger partial charge on any atom is -0.480 e. The number of amides is 1. The van der Waals surface area contributed by atoms with Gasteiger partial charge in [0.1, 0.15) is 11.9 Å². The van der Waals surface area contributed by atoms with Crippen LogP contribution in [0.3, 0.4) is 0 Å². The number of benzene rings is 1. The summed E-state index contributed by atoms with van der Waals surface area (Å²) in [6, 6.07) is 3.02. The van der Waals surface area contributed by atoms with Gasteiger partial charge < -0.3 is 10.4 Å². The van der Waals surface area contributed by atoms with Crippen LogP contribution < -0.4 is 5.32 Å². The van der Waals surface area contributed by atoms with Crippen molar-refractivity contribution in [1.82, 2.24) is 5.32 Å². The number of hydrogen-bond donors (Lipinski definition) is 2. The fraction of sp³-hybridized carbons (Fsp3) is 0.167. The highest BCUT2D eigenvalue weighted by molar-refractivity contribution is 6.30. The van der Waals surface area contributed by atoms with Gasteiger partial charge in [-0.05, 0) is 30.7 Å². The van der Waals surface area contributed by atoms with E-state index in [1.54, 1.807) is 0 Å². The first-order valence-corrected chi connectivity index (χ1v) is 5.44. The van der Waals surface area contributed by atoms with E-state index in [2.05, 4.69) is 5.32 Å². The number of carbonyl (C=O) groups is 2. The zero-order chi connectivity index (χ0) is 13.7. The zero-order valence-corrected chi connectivity index (χ0v) is 10.2. The van der Waals surface area contributed by atoms with Crippen LogP contribution in [0.2, 0.25) is 5.02 Å². The smallest absolute Gasteiger partial charge is 0.325 e. The van der Waals surface area contributed by atoms with E-state index < -0.39 is 23.7 Å². The predicted octanol–water partition coefficient (Wildman–Crippen LogP) is 2.08. The molecule has 0 aliphatic rings. The van der Waals surface area contributed by atoms with Crippen LogP contribution in [0.1, 0.15) is 12.5 Å². The van der Waals surface area contributed by atoms with Crippen molar-refractivity contribution in [3.8, 4) is 0 Å². The lowest BCUT2D eigenvalue weighted by molar-refractivity contribution is -0.140. The first kappa shape index (κ1) is 14.2. The monoisotopic (exact) mass is 271 g/mol. The van der Waals surface area contributed by atoms with E-state index in [0.717, 1.165) is 6.08 Å². The van der Waals surface area contributed by atoms with Crippen LogP contribution in [0.4, 0.5) is 4.39 Å². The Balaban J connectivity index is 2.66. The maximum absolute atomic E-state index is 12.9. The Hall–Kier alpha value is -1.88. The lowest BCUT2D eigenvalue weighted by Gasteiger charge is -2.05. The first-order chi connectivity index (χ1) is 8.40. The molecule has 1 amide bonds. The van der Waals surface area contributed by atoms with Crippen molar-refractivity contribution >= 4 is 29.6 Å². The lowest BCUT2D eigenvalue weighted by Crippen LogP contribution is -2.37. The van der Waals surface area contributed by atoms with Crippen LogP contribution >= 0.6 is 11.6 Å². The number of rotatable bonds is 4. The van der Waals surface area contributed by atoms with E-state index in [1.807, 2.05) is 0 Å². The van der Waals surface area contributed by atoms with Crippen molar-refractivity contribution in [2.75, 3.05) is 0 Å². The molecule has 2 N–H and O–H groups in total. The molecule has 1 aromatic carbocycles. The van der Waals surface area contributed by atoms with Gasteiger partial charge in [-0.1, -0.05) is 17.7 Å². The Labute approximate surface area is 108 Å². The molecule has 96 valence electrons. The average molecular weight is 272 g/mol. The molecule has 0 aliphatic heterocycles. The van der Waals surface area contributed by atoms with Crippen molar-refractivity contribution in [2.24, 2.45) is 0 Å². The standard InChI is InChI=1S/C12H11ClFNO3/c1-7(12(17)18)15-11(16)5-3-8-2-4-10(14)9(13)6-8/h2-7H,1H3,(H,15,16)(H,17,18)/b5-3+. The third-order valence-corrected chi connectivity index (χ3v) is 2.39. The van der Waals surface area contributed by atoms with E-state index in [9.17, 15) is 14.0 Å². The van der Waals surface area contributed by atoms with Crippen molar-refractivity contribution in [3.63, 3.8) is 0 Å². The summed E-state index contributed by atoms with van der Waals surface area (Å²) in [4.78, 5) is 21.8. The summed E-state index contributed by atoms with van der Waals surface area (Å²) in [7, 11) is 0. The molecular weight excluding hydrogens is 261 g/mol. The molecule has 18 heavy (non-hydrogen) atoms. The van der Waals surface area contributed by atoms with Crippen LogP contribution in [-0.4, -0.2) is 23.0 Å². The molecule has 0 heterocycles. The Kier molecular flexibility index (Phi) is 4.85.